The van der Waals surface area contributed by atoms with E-state index in [1.807, 2.05) is 0 Å². The van der Waals surface area contributed by atoms with Gasteiger partial charge in [0.15, 0.2) is 11.6 Å². The molecule has 0 amide bonds. The first-order valence-corrected chi connectivity index (χ1v) is 4.48. The van der Waals surface area contributed by atoms with Crippen molar-refractivity contribution in [2.45, 2.75) is 25.7 Å². The van der Waals surface area contributed by atoms with Gasteiger partial charge in [-0.3, -0.25) is 0 Å². The summed E-state index contributed by atoms with van der Waals surface area (Å²) >= 11 is 5.89. The lowest BCUT2D eigenvalue weighted by molar-refractivity contribution is 0.358. The summed E-state index contributed by atoms with van der Waals surface area (Å²) in [5, 5.41) is 4.11. The van der Waals surface area contributed by atoms with Gasteiger partial charge in [0.2, 0.25) is 0 Å². The van der Waals surface area contributed by atoms with Crippen LogP contribution in [-0.2, 0) is 0 Å². The molecule has 0 bridgehead atoms. The van der Waals surface area contributed by atoms with E-state index in [2.05, 4.69) is 12.1 Å². The molecule has 12 heavy (non-hydrogen) atoms. The molecule has 0 saturated heterocycles. The van der Waals surface area contributed by atoms with Crippen LogP contribution in [0.1, 0.15) is 31.4 Å². The Balaban J connectivity index is 2.25. The van der Waals surface area contributed by atoms with Gasteiger partial charge < -0.3 is 10.3 Å². The molecule has 1 atom stereocenters. The zero-order valence-corrected chi connectivity index (χ0v) is 7.64. The third kappa shape index (κ3) is 1.18. The second-order valence-corrected chi connectivity index (χ2v) is 3.75. The molecule has 1 aromatic heterocycles. The second kappa shape index (κ2) is 2.66. The van der Waals surface area contributed by atoms with Crippen molar-refractivity contribution in [3.8, 4) is 0 Å². The van der Waals surface area contributed by atoms with Crippen molar-refractivity contribution in [2.24, 2.45) is 5.92 Å². The first-order chi connectivity index (χ1) is 5.70. The Kier molecular flexibility index (Phi) is 1.76. The van der Waals surface area contributed by atoms with Crippen molar-refractivity contribution < 1.29 is 4.52 Å². The fraction of sp³-hybridized carbons (Fsp3) is 0.625. The molecule has 66 valence electrons. The number of hydrogen-bond acceptors (Lipinski definition) is 3. The van der Waals surface area contributed by atoms with Crippen molar-refractivity contribution >= 4 is 17.4 Å². The Hall–Kier alpha value is -0.700. The summed E-state index contributed by atoms with van der Waals surface area (Å²) in [6.07, 6.45) is 2.52. The van der Waals surface area contributed by atoms with E-state index in [4.69, 9.17) is 21.9 Å². The smallest absolute Gasteiger partial charge is 0.186 e. The highest BCUT2D eigenvalue weighted by Gasteiger charge is 2.33. The molecule has 1 aliphatic rings. The van der Waals surface area contributed by atoms with Crippen LogP contribution in [0.4, 0.5) is 5.82 Å². The molecule has 0 radical (unpaired) electrons. The molecular formula is C8H11ClN2O. The van der Waals surface area contributed by atoms with Crippen LogP contribution in [0.2, 0.25) is 5.02 Å². The average Bonchev–Trinajstić information content (AvgIpc) is 2.82. The standard InChI is InChI=1S/C8H11ClN2O/c1-4(5-2-3-5)7-6(9)8(10)11-12-7/h4-5H,2-3H2,1H3,(H2,10,11). The molecule has 1 heterocycles. The molecule has 0 aromatic carbocycles. The largest absolute Gasteiger partial charge is 0.380 e. The fourth-order valence-corrected chi connectivity index (χ4v) is 1.64. The fourth-order valence-electron chi connectivity index (χ4n) is 1.40. The van der Waals surface area contributed by atoms with E-state index in [1.54, 1.807) is 0 Å². The zero-order valence-electron chi connectivity index (χ0n) is 6.88. The predicted molar refractivity (Wildman–Crippen MR) is 47.1 cm³/mol. The van der Waals surface area contributed by atoms with Crippen molar-refractivity contribution in [3.63, 3.8) is 0 Å². The van der Waals surface area contributed by atoms with Crippen LogP contribution in [0.3, 0.4) is 0 Å². The van der Waals surface area contributed by atoms with Gasteiger partial charge in [-0.25, -0.2) is 0 Å². The Morgan fingerprint density at radius 2 is 2.33 bits per heavy atom. The lowest BCUT2D eigenvalue weighted by atomic mass is 10.0. The van der Waals surface area contributed by atoms with Crippen LogP contribution >= 0.6 is 11.6 Å². The highest BCUT2D eigenvalue weighted by Crippen LogP contribution is 2.44. The summed E-state index contributed by atoms with van der Waals surface area (Å²) in [7, 11) is 0. The van der Waals surface area contributed by atoms with E-state index in [0.717, 1.165) is 11.7 Å². The van der Waals surface area contributed by atoms with Gasteiger partial charge in [-0.1, -0.05) is 23.7 Å². The number of nitrogens with zero attached hydrogens (tertiary/aromatic N) is 1. The molecule has 2 N–H and O–H groups in total. The number of anilines is 1. The Bertz CT molecular complexity index is 293. The van der Waals surface area contributed by atoms with Gasteiger partial charge in [-0.15, -0.1) is 0 Å². The number of nitrogen functional groups attached to an aromatic ring is 1. The number of hydrogen-bond donors (Lipinski definition) is 1. The molecule has 2 rings (SSSR count). The summed E-state index contributed by atoms with van der Waals surface area (Å²) in [4.78, 5) is 0. The number of halogens is 1. The molecule has 1 aromatic rings. The first kappa shape index (κ1) is 7.92. The molecule has 4 heteroatoms. The van der Waals surface area contributed by atoms with Crippen LogP contribution in [0.15, 0.2) is 4.52 Å². The Morgan fingerprint density at radius 3 is 2.75 bits per heavy atom. The van der Waals surface area contributed by atoms with Crippen LogP contribution < -0.4 is 5.73 Å². The number of rotatable bonds is 2. The van der Waals surface area contributed by atoms with Crippen molar-refractivity contribution in [1.82, 2.24) is 5.16 Å². The maximum atomic E-state index is 5.89. The third-order valence-corrected chi connectivity index (χ3v) is 2.81. The van der Waals surface area contributed by atoms with Crippen LogP contribution in [0, 0.1) is 5.92 Å². The SMILES string of the molecule is CC(c1onc(N)c1Cl)C1CC1. The molecule has 0 spiro atoms. The predicted octanol–water partition coefficient (Wildman–Crippen LogP) is 2.42. The van der Waals surface area contributed by atoms with Crippen molar-refractivity contribution in [2.75, 3.05) is 5.73 Å². The maximum absolute atomic E-state index is 5.89. The summed E-state index contributed by atoms with van der Waals surface area (Å²) < 4.78 is 5.05. The van der Waals surface area contributed by atoms with E-state index >= 15 is 0 Å². The minimum absolute atomic E-state index is 0.305. The van der Waals surface area contributed by atoms with E-state index in [9.17, 15) is 0 Å². The summed E-state index contributed by atoms with van der Waals surface area (Å²) in [5.74, 6) is 2.13. The summed E-state index contributed by atoms with van der Waals surface area (Å²) in [5.41, 5.74) is 5.46. The molecule has 0 aliphatic heterocycles. The van der Waals surface area contributed by atoms with Gasteiger partial charge in [-0.2, -0.15) is 0 Å². The molecule has 1 aliphatic carbocycles. The van der Waals surface area contributed by atoms with E-state index in [-0.39, 0.29) is 0 Å². The molecular weight excluding hydrogens is 176 g/mol. The van der Waals surface area contributed by atoms with E-state index in [0.29, 0.717) is 16.8 Å². The first-order valence-electron chi connectivity index (χ1n) is 4.10. The molecule has 3 nitrogen and oxygen atoms in total. The van der Waals surface area contributed by atoms with E-state index < -0.39 is 0 Å². The lowest BCUT2D eigenvalue weighted by Crippen LogP contribution is -1.94. The lowest BCUT2D eigenvalue weighted by Gasteiger charge is -2.03. The molecule has 1 unspecified atom stereocenters. The monoisotopic (exact) mass is 186 g/mol. The Morgan fingerprint density at radius 1 is 1.67 bits per heavy atom. The quantitative estimate of drug-likeness (QED) is 0.772. The molecule has 1 saturated carbocycles. The van der Waals surface area contributed by atoms with Gasteiger partial charge in [0.1, 0.15) is 5.02 Å². The van der Waals surface area contributed by atoms with Crippen LogP contribution in [0.25, 0.3) is 0 Å². The van der Waals surface area contributed by atoms with Crippen molar-refractivity contribution in [3.05, 3.63) is 10.8 Å². The number of aromatic nitrogens is 1. The van der Waals surface area contributed by atoms with Gasteiger partial charge in [0.05, 0.1) is 0 Å². The van der Waals surface area contributed by atoms with Crippen LogP contribution in [0.5, 0.6) is 0 Å². The minimum atomic E-state index is 0.305. The Labute approximate surface area is 75.9 Å². The van der Waals surface area contributed by atoms with Gasteiger partial charge in [0, 0.05) is 5.92 Å². The molecule has 1 fully saturated rings. The minimum Gasteiger partial charge on any atom is -0.380 e. The van der Waals surface area contributed by atoms with E-state index in [1.165, 1.54) is 12.8 Å². The van der Waals surface area contributed by atoms with Crippen LogP contribution in [-0.4, -0.2) is 5.16 Å². The normalized spacial score (nSPS) is 19.5. The van der Waals surface area contributed by atoms with Gasteiger partial charge >= 0.3 is 0 Å². The second-order valence-electron chi connectivity index (χ2n) is 3.37. The van der Waals surface area contributed by atoms with Gasteiger partial charge in [-0.05, 0) is 18.8 Å². The zero-order chi connectivity index (χ0) is 8.72. The third-order valence-electron chi connectivity index (χ3n) is 2.43. The number of nitrogens with two attached hydrogens (primary N) is 1. The maximum Gasteiger partial charge on any atom is 0.186 e. The average molecular weight is 187 g/mol. The van der Waals surface area contributed by atoms with Gasteiger partial charge in [0.25, 0.3) is 0 Å². The highest BCUT2D eigenvalue weighted by atomic mass is 35.5. The highest BCUT2D eigenvalue weighted by molar-refractivity contribution is 6.33. The summed E-state index contributed by atoms with van der Waals surface area (Å²) in [6, 6.07) is 0. The topological polar surface area (TPSA) is 52.0 Å². The summed E-state index contributed by atoms with van der Waals surface area (Å²) in [6.45, 7) is 2.10. The van der Waals surface area contributed by atoms with Crippen molar-refractivity contribution in [1.29, 1.82) is 0 Å².